The van der Waals surface area contributed by atoms with E-state index in [0.29, 0.717) is 23.6 Å². The smallest absolute Gasteiger partial charge is 0.230 e. The summed E-state index contributed by atoms with van der Waals surface area (Å²) < 4.78 is 17.0. The maximum absolute atomic E-state index is 6.11. The van der Waals surface area contributed by atoms with Crippen LogP contribution in [0.3, 0.4) is 0 Å². The van der Waals surface area contributed by atoms with Gasteiger partial charge in [-0.2, -0.15) is 0 Å². The molecule has 33 heavy (non-hydrogen) atoms. The number of hydrogen-bond donors (Lipinski definition) is 1. The van der Waals surface area contributed by atoms with Crippen LogP contribution >= 0.6 is 0 Å². The van der Waals surface area contributed by atoms with Crippen molar-refractivity contribution in [3.05, 3.63) is 65.2 Å². The van der Waals surface area contributed by atoms with Gasteiger partial charge in [0.1, 0.15) is 17.3 Å². The minimum Gasteiger partial charge on any atom is -0.497 e. The maximum atomic E-state index is 6.11. The lowest BCUT2D eigenvalue weighted by molar-refractivity contribution is 0.131. The number of para-hydroxylation sites is 1. The minimum atomic E-state index is 0.302. The van der Waals surface area contributed by atoms with E-state index in [2.05, 4.69) is 48.0 Å². The minimum absolute atomic E-state index is 0.302. The van der Waals surface area contributed by atoms with Crippen LogP contribution in [0.2, 0.25) is 0 Å². The van der Waals surface area contributed by atoms with Crippen LogP contribution in [-0.4, -0.2) is 35.6 Å². The molecule has 1 N–H and O–H groups in total. The van der Waals surface area contributed by atoms with Crippen LogP contribution < -0.4 is 9.47 Å². The van der Waals surface area contributed by atoms with Gasteiger partial charge in [0.2, 0.25) is 5.89 Å². The van der Waals surface area contributed by atoms with Crippen molar-refractivity contribution in [1.82, 2.24) is 14.9 Å². The van der Waals surface area contributed by atoms with Crippen LogP contribution in [0.4, 0.5) is 0 Å². The van der Waals surface area contributed by atoms with E-state index < -0.39 is 0 Å². The summed E-state index contributed by atoms with van der Waals surface area (Å²) in [6, 6.07) is 14.6. The largest absolute Gasteiger partial charge is 0.497 e. The molecule has 1 atom stereocenters. The average molecular weight is 446 g/mol. The number of fused-ring (bicyclic) bond motifs is 3. The van der Waals surface area contributed by atoms with E-state index in [-0.39, 0.29) is 0 Å². The normalized spacial score (nSPS) is 16.4. The van der Waals surface area contributed by atoms with Gasteiger partial charge in [-0.15, -0.1) is 0 Å². The van der Waals surface area contributed by atoms with Crippen molar-refractivity contribution >= 4 is 10.9 Å². The number of oxazole rings is 1. The zero-order valence-electron chi connectivity index (χ0n) is 19.9. The van der Waals surface area contributed by atoms with Crippen LogP contribution in [0.1, 0.15) is 42.6 Å². The molecule has 0 saturated carbocycles. The Balaban J connectivity index is 1.47. The predicted octanol–water partition coefficient (Wildman–Crippen LogP) is 5.90. The summed E-state index contributed by atoms with van der Waals surface area (Å²) in [6.45, 7) is 8.31. The van der Waals surface area contributed by atoms with Crippen LogP contribution in [0.25, 0.3) is 22.4 Å². The maximum Gasteiger partial charge on any atom is 0.230 e. The molecule has 0 saturated heterocycles. The molecule has 1 aliphatic heterocycles. The number of aryl methyl sites for hydroxylation is 1. The highest BCUT2D eigenvalue weighted by molar-refractivity contribution is 5.85. The number of nitrogens with one attached hydrogen (secondary N) is 1. The second-order valence-corrected chi connectivity index (χ2v) is 9.06. The average Bonchev–Trinajstić information content (AvgIpc) is 3.38. The van der Waals surface area contributed by atoms with Crippen molar-refractivity contribution in [2.75, 3.05) is 20.8 Å². The van der Waals surface area contributed by atoms with E-state index in [9.17, 15) is 0 Å². The van der Waals surface area contributed by atoms with E-state index in [1.165, 1.54) is 22.2 Å². The summed E-state index contributed by atoms with van der Waals surface area (Å²) in [7, 11) is 3.29. The zero-order chi connectivity index (χ0) is 23.1. The van der Waals surface area contributed by atoms with Gasteiger partial charge in [0.15, 0.2) is 0 Å². The van der Waals surface area contributed by atoms with E-state index >= 15 is 0 Å². The van der Waals surface area contributed by atoms with Gasteiger partial charge in [-0.3, -0.25) is 4.90 Å². The van der Waals surface area contributed by atoms with Crippen LogP contribution in [0.5, 0.6) is 11.5 Å². The molecule has 2 aromatic heterocycles. The molecule has 0 aliphatic carbocycles. The number of ether oxygens (including phenoxy) is 2. The first-order valence-corrected chi connectivity index (χ1v) is 11.5. The number of aromatic nitrogens is 2. The van der Waals surface area contributed by atoms with Gasteiger partial charge >= 0.3 is 0 Å². The second kappa shape index (κ2) is 8.60. The highest BCUT2D eigenvalue weighted by atomic mass is 16.5. The monoisotopic (exact) mass is 445 g/mol. The third-order valence-corrected chi connectivity index (χ3v) is 6.70. The van der Waals surface area contributed by atoms with Crippen LogP contribution in [0, 0.1) is 12.8 Å². The first kappa shape index (κ1) is 21.6. The summed E-state index contributed by atoms with van der Waals surface area (Å²) in [5, 5.41) is 1.35. The molecule has 0 spiro atoms. The van der Waals surface area contributed by atoms with Gasteiger partial charge in [0.05, 0.1) is 31.5 Å². The topological polar surface area (TPSA) is 63.5 Å². The fourth-order valence-electron chi connectivity index (χ4n) is 5.11. The van der Waals surface area contributed by atoms with Crippen LogP contribution in [0.15, 0.2) is 46.9 Å². The summed E-state index contributed by atoms with van der Waals surface area (Å²) in [6.07, 6.45) is 1.03. The van der Waals surface area contributed by atoms with Crippen molar-refractivity contribution in [2.45, 2.75) is 39.8 Å². The standard InChI is InChI=1S/C27H31N3O3/c1-16(2)26-25-20(19-8-6-7-9-22(19)28-25)12-13-30(26)15-23-17(3)33-27(29-23)21-11-10-18(31-4)14-24(21)32-5/h6-11,14,16,26,28H,12-13,15H2,1-5H3. The van der Waals surface area contributed by atoms with Crippen molar-refractivity contribution < 1.29 is 13.9 Å². The fourth-order valence-corrected chi connectivity index (χ4v) is 5.11. The molecule has 0 amide bonds. The third-order valence-electron chi connectivity index (χ3n) is 6.70. The van der Waals surface area contributed by atoms with Gasteiger partial charge in [0, 0.05) is 35.8 Å². The molecular weight excluding hydrogens is 414 g/mol. The molecule has 0 fully saturated rings. The Labute approximate surface area is 194 Å². The summed E-state index contributed by atoms with van der Waals surface area (Å²) in [5.74, 6) is 3.30. The van der Waals surface area contributed by atoms with E-state index in [1.807, 2.05) is 25.1 Å². The molecule has 6 nitrogen and oxygen atoms in total. The lowest BCUT2D eigenvalue weighted by atomic mass is 9.90. The summed E-state index contributed by atoms with van der Waals surface area (Å²) in [4.78, 5) is 11.1. The fraction of sp³-hybridized carbons (Fsp3) is 0.370. The molecular formula is C27H31N3O3. The Hall–Kier alpha value is -3.25. The van der Waals surface area contributed by atoms with E-state index in [1.54, 1.807) is 14.2 Å². The van der Waals surface area contributed by atoms with Gasteiger partial charge in [-0.25, -0.2) is 4.98 Å². The molecule has 172 valence electrons. The molecule has 4 aromatic rings. The molecule has 5 rings (SSSR count). The number of nitrogens with zero attached hydrogens (tertiary/aromatic N) is 2. The third kappa shape index (κ3) is 3.78. The first-order valence-electron chi connectivity index (χ1n) is 11.5. The Morgan fingerprint density at radius 1 is 1.15 bits per heavy atom. The number of rotatable bonds is 6. The zero-order valence-corrected chi connectivity index (χ0v) is 19.9. The number of methoxy groups -OCH3 is 2. The van der Waals surface area contributed by atoms with Gasteiger partial charge in [0.25, 0.3) is 0 Å². The number of aromatic amines is 1. The van der Waals surface area contributed by atoms with Crippen molar-refractivity contribution in [1.29, 1.82) is 0 Å². The molecule has 1 unspecified atom stereocenters. The Morgan fingerprint density at radius 2 is 1.97 bits per heavy atom. The first-order chi connectivity index (χ1) is 16.0. The van der Waals surface area contributed by atoms with Gasteiger partial charge in [-0.05, 0) is 43.0 Å². The van der Waals surface area contributed by atoms with Gasteiger partial charge < -0.3 is 18.9 Å². The number of benzene rings is 2. The Morgan fingerprint density at radius 3 is 2.73 bits per heavy atom. The SMILES string of the molecule is COc1ccc(-c2nc(CN3CCc4c([nH]c5ccccc45)C3C(C)C)c(C)o2)c(OC)c1. The molecule has 0 radical (unpaired) electrons. The Kier molecular flexibility index (Phi) is 5.62. The lowest BCUT2D eigenvalue weighted by Crippen LogP contribution is -2.37. The summed E-state index contributed by atoms with van der Waals surface area (Å²) in [5.41, 5.74) is 5.82. The predicted molar refractivity (Wildman–Crippen MR) is 130 cm³/mol. The van der Waals surface area contributed by atoms with E-state index in [0.717, 1.165) is 42.3 Å². The van der Waals surface area contributed by atoms with E-state index in [4.69, 9.17) is 18.9 Å². The van der Waals surface area contributed by atoms with Crippen molar-refractivity contribution in [3.63, 3.8) is 0 Å². The molecule has 0 bridgehead atoms. The highest BCUT2D eigenvalue weighted by Crippen LogP contribution is 2.40. The number of hydrogen-bond acceptors (Lipinski definition) is 5. The molecule has 3 heterocycles. The molecule has 6 heteroatoms. The number of H-pyrrole nitrogens is 1. The van der Waals surface area contributed by atoms with Gasteiger partial charge in [-0.1, -0.05) is 32.0 Å². The quantitative estimate of drug-likeness (QED) is 0.400. The van der Waals surface area contributed by atoms with Crippen molar-refractivity contribution in [2.24, 2.45) is 5.92 Å². The second-order valence-electron chi connectivity index (χ2n) is 9.06. The Bertz CT molecular complexity index is 1290. The molecule has 2 aromatic carbocycles. The summed E-state index contributed by atoms with van der Waals surface area (Å²) >= 11 is 0. The molecule has 1 aliphatic rings. The van der Waals surface area contributed by atoms with Crippen molar-refractivity contribution in [3.8, 4) is 23.0 Å². The highest BCUT2D eigenvalue weighted by Gasteiger charge is 2.33. The lowest BCUT2D eigenvalue weighted by Gasteiger charge is -2.38. The van der Waals surface area contributed by atoms with Crippen LogP contribution in [-0.2, 0) is 13.0 Å².